The monoisotopic (exact) mass is 226 g/mol. The van der Waals surface area contributed by atoms with Crippen LogP contribution in [0.1, 0.15) is 17.3 Å². The summed E-state index contributed by atoms with van der Waals surface area (Å²) in [6.07, 6.45) is 0.151. The summed E-state index contributed by atoms with van der Waals surface area (Å²) in [4.78, 5) is 3.81. The van der Waals surface area contributed by atoms with Crippen molar-refractivity contribution in [1.29, 1.82) is 0 Å². The number of nitrogens with zero attached hydrogens (tertiary/aromatic N) is 2. The van der Waals surface area contributed by atoms with Gasteiger partial charge >= 0.3 is 0 Å². The van der Waals surface area contributed by atoms with E-state index in [0.29, 0.717) is 5.56 Å². The zero-order valence-electron chi connectivity index (χ0n) is 8.15. The Balaban J connectivity index is 2.19. The van der Waals surface area contributed by atoms with Crippen LogP contribution in [0.15, 0.2) is 22.7 Å². The second kappa shape index (κ2) is 4.36. The highest BCUT2D eigenvalue weighted by Gasteiger charge is 2.07. The van der Waals surface area contributed by atoms with Crippen LogP contribution < -0.4 is 0 Å². The molecular weight excluding hydrogens is 218 g/mol. The molecule has 4 nitrogen and oxygen atoms in total. The molecule has 1 N–H and O–H groups in total. The van der Waals surface area contributed by atoms with Gasteiger partial charge in [0.2, 0.25) is 0 Å². The van der Waals surface area contributed by atoms with Gasteiger partial charge in [-0.05, 0) is 17.7 Å². The van der Waals surface area contributed by atoms with Gasteiger partial charge in [-0.1, -0.05) is 5.16 Å². The molecule has 0 saturated heterocycles. The molecule has 0 bridgehead atoms. The minimum atomic E-state index is -0.652. The third-order valence-electron chi connectivity index (χ3n) is 1.93. The summed E-state index contributed by atoms with van der Waals surface area (Å²) in [5.74, 6) is -0.956. The third-order valence-corrected chi connectivity index (χ3v) is 1.93. The Hall–Kier alpha value is -1.82. The molecule has 0 aliphatic carbocycles. The molecule has 0 amide bonds. The van der Waals surface area contributed by atoms with Gasteiger partial charge in [0, 0.05) is 12.5 Å². The number of rotatable bonds is 3. The molecule has 2 aromatic rings. The summed E-state index contributed by atoms with van der Waals surface area (Å²) in [6, 6.07) is 3.18. The lowest BCUT2D eigenvalue weighted by molar-refractivity contribution is 0.222. The SMILES string of the molecule is OCc1nc(Cc2cc(F)cc(F)c2)no1. The molecule has 1 aromatic carbocycles. The molecule has 0 unspecified atom stereocenters. The van der Waals surface area contributed by atoms with Crippen LogP contribution in [0.2, 0.25) is 0 Å². The van der Waals surface area contributed by atoms with Gasteiger partial charge in [0.1, 0.15) is 18.2 Å². The van der Waals surface area contributed by atoms with Gasteiger partial charge in [0.05, 0.1) is 0 Å². The van der Waals surface area contributed by atoms with Crippen molar-refractivity contribution in [3.8, 4) is 0 Å². The van der Waals surface area contributed by atoms with Crippen molar-refractivity contribution in [2.75, 3.05) is 0 Å². The van der Waals surface area contributed by atoms with E-state index in [1.807, 2.05) is 0 Å². The number of aliphatic hydroxyl groups is 1. The van der Waals surface area contributed by atoms with Gasteiger partial charge in [0.25, 0.3) is 5.89 Å². The van der Waals surface area contributed by atoms with Crippen LogP contribution >= 0.6 is 0 Å². The molecule has 0 fully saturated rings. The van der Waals surface area contributed by atoms with E-state index in [9.17, 15) is 8.78 Å². The highest BCUT2D eigenvalue weighted by Crippen LogP contribution is 2.11. The van der Waals surface area contributed by atoms with Gasteiger partial charge in [-0.2, -0.15) is 4.98 Å². The van der Waals surface area contributed by atoms with Crippen LogP contribution in [0, 0.1) is 11.6 Å². The predicted octanol–water partition coefficient (Wildman–Crippen LogP) is 1.43. The zero-order chi connectivity index (χ0) is 11.5. The van der Waals surface area contributed by atoms with Gasteiger partial charge < -0.3 is 9.63 Å². The highest BCUT2D eigenvalue weighted by molar-refractivity contribution is 5.20. The quantitative estimate of drug-likeness (QED) is 0.860. The molecule has 0 atom stereocenters. The lowest BCUT2D eigenvalue weighted by Crippen LogP contribution is -1.94. The molecule has 0 saturated carbocycles. The maximum Gasteiger partial charge on any atom is 0.252 e. The summed E-state index contributed by atoms with van der Waals surface area (Å²) in [6.45, 7) is -0.357. The molecule has 0 spiro atoms. The Kier molecular flexibility index (Phi) is 2.91. The molecule has 16 heavy (non-hydrogen) atoms. The van der Waals surface area contributed by atoms with Crippen molar-refractivity contribution >= 4 is 0 Å². The Labute approximate surface area is 89.5 Å². The summed E-state index contributed by atoms with van der Waals surface area (Å²) in [7, 11) is 0. The number of hydrogen-bond donors (Lipinski definition) is 1. The van der Waals surface area contributed by atoms with E-state index in [1.54, 1.807) is 0 Å². The molecule has 0 aliphatic rings. The van der Waals surface area contributed by atoms with E-state index in [-0.39, 0.29) is 24.7 Å². The fourth-order valence-electron chi connectivity index (χ4n) is 1.32. The van der Waals surface area contributed by atoms with Gasteiger partial charge in [0.15, 0.2) is 5.82 Å². The molecule has 6 heteroatoms. The Bertz CT molecular complexity index is 479. The maximum absolute atomic E-state index is 12.9. The molecule has 0 aliphatic heterocycles. The molecule has 84 valence electrons. The number of aromatic nitrogens is 2. The average molecular weight is 226 g/mol. The van der Waals surface area contributed by atoms with E-state index < -0.39 is 11.6 Å². The first-order chi connectivity index (χ1) is 7.67. The second-order valence-corrected chi connectivity index (χ2v) is 3.22. The van der Waals surface area contributed by atoms with Crippen LogP contribution in [0.5, 0.6) is 0 Å². The smallest absolute Gasteiger partial charge is 0.252 e. The summed E-state index contributed by atoms with van der Waals surface area (Å²) in [5.41, 5.74) is 0.405. The van der Waals surface area contributed by atoms with E-state index in [4.69, 9.17) is 5.11 Å². The van der Waals surface area contributed by atoms with Crippen molar-refractivity contribution in [1.82, 2.24) is 10.1 Å². The maximum atomic E-state index is 12.9. The molecule has 2 rings (SSSR count). The van der Waals surface area contributed by atoms with Crippen molar-refractivity contribution in [2.24, 2.45) is 0 Å². The van der Waals surface area contributed by atoms with E-state index in [1.165, 1.54) is 12.1 Å². The van der Waals surface area contributed by atoms with Gasteiger partial charge in [-0.15, -0.1) is 0 Å². The topological polar surface area (TPSA) is 59.2 Å². The first-order valence-corrected chi connectivity index (χ1v) is 4.54. The fraction of sp³-hybridized carbons (Fsp3) is 0.200. The first kappa shape index (κ1) is 10.7. The Morgan fingerprint density at radius 1 is 1.19 bits per heavy atom. The fourth-order valence-corrected chi connectivity index (χ4v) is 1.32. The van der Waals surface area contributed by atoms with Crippen LogP contribution in [0.4, 0.5) is 8.78 Å². The Morgan fingerprint density at radius 2 is 1.88 bits per heavy atom. The third kappa shape index (κ3) is 2.40. The van der Waals surface area contributed by atoms with Crippen LogP contribution in [0.3, 0.4) is 0 Å². The summed E-state index contributed by atoms with van der Waals surface area (Å²) >= 11 is 0. The average Bonchev–Trinajstić information content (AvgIpc) is 2.64. The largest absolute Gasteiger partial charge is 0.387 e. The standard InChI is InChI=1S/C10H8F2N2O2/c11-7-1-6(2-8(12)4-7)3-9-13-10(5-15)16-14-9/h1-2,4,15H,3,5H2. The Morgan fingerprint density at radius 3 is 2.44 bits per heavy atom. The lowest BCUT2D eigenvalue weighted by Gasteiger charge is -1.97. The number of benzene rings is 1. The van der Waals surface area contributed by atoms with Crippen molar-refractivity contribution in [3.05, 3.63) is 47.1 Å². The normalized spacial score (nSPS) is 10.7. The van der Waals surface area contributed by atoms with Crippen molar-refractivity contribution < 1.29 is 18.4 Å². The van der Waals surface area contributed by atoms with Gasteiger partial charge in [-0.3, -0.25) is 0 Å². The number of halogens is 2. The molecular formula is C10H8F2N2O2. The second-order valence-electron chi connectivity index (χ2n) is 3.22. The van der Waals surface area contributed by atoms with E-state index >= 15 is 0 Å². The van der Waals surface area contributed by atoms with Crippen LogP contribution in [0.25, 0.3) is 0 Å². The number of hydrogen-bond acceptors (Lipinski definition) is 4. The van der Waals surface area contributed by atoms with Crippen LogP contribution in [-0.2, 0) is 13.0 Å². The molecule has 1 aromatic heterocycles. The van der Waals surface area contributed by atoms with Crippen LogP contribution in [-0.4, -0.2) is 15.2 Å². The van der Waals surface area contributed by atoms with Crippen molar-refractivity contribution in [2.45, 2.75) is 13.0 Å². The summed E-state index contributed by atoms with van der Waals surface area (Å²) in [5, 5.41) is 12.2. The molecule has 1 heterocycles. The molecule has 0 radical (unpaired) electrons. The predicted molar refractivity (Wildman–Crippen MR) is 49.4 cm³/mol. The van der Waals surface area contributed by atoms with E-state index in [0.717, 1.165) is 6.07 Å². The zero-order valence-corrected chi connectivity index (χ0v) is 8.15. The lowest BCUT2D eigenvalue weighted by atomic mass is 10.1. The van der Waals surface area contributed by atoms with Gasteiger partial charge in [-0.25, -0.2) is 8.78 Å². The minimum Gasteiger partial charge on any atom is -0.387 e. The number of aliphatic hydroxyl groups excluding tert-OH is 1. The van der Waals surface area contributed by atoms with Crippen molar-refractivity contribution in [3.63, 3.8) is 0 Å². The minimum absolute atomic E-state index is 0.0758. The highest BCUT2D eigenvalue weighted by atomic mass is 19.1. The first-order valence-electron chi connectivity index (χ1n) is 4.54. The van der Waals surface area contributed by atoms with E-state index in [2.05, 4.69) is 14.7 Å². The summed E-state index contributed by atoms with van der Waals surface area (Å²) < 4.78 is 30.4.